The van der Waals surface area contributed by atoms with Crippen molar-refractivity contribution in [2.24, 2.45) is 0 Å². The van der Waals surface area contributed by atoms with Crippen LogP contribution in [0.1, 0.15) is 17.8 Å². The number of aromatic nitrogens is 4. The van der Waals surface area contributed by atoms with Crippen molar-refractivity contribution >= 4 is 11.6 Å². The number of H-pyrrole nitrogens is 1. The van der Waals surface area contributed by atoms with Crippen molar-refractivity contribution in [3.8, 4) is 0 Å². The maximum atomic E-state index is 5.81. The number of benzene rings is 1. The van der Waals surface area contributed by atoms with Gasteiger partial charge in [0.1, 0.15) is 0 Å². The lowest BCUT2D eigenvalue weighted by Crippen LogP contribution is -2.15. The molecule has 0 aliphatic carbocycles. The normalized spacial score (nSPS) is 10.6. The molecule has 2 aromatic rings. The molecule has 0 bridgehead atoms. The Hall–Kier alpha value is -1.46. The topological polar surface area (TPSA) is 66.5 Å². The van der Waals surface area contributed by atoms with Crippen LogP contribution in [-0.2, 0) is 13.0 Å². The molecular weight excluding hydrogens is 238 g/mol. The van der Waals surface area contributed by atoms with Crippen LogP contribution in [0.3, 0.4) is 0 Å². The second-order valence-corrected chi connectivity index (χ2v) is 4.17. The molecule has 1 heterocycles. The number of rotatable bonds is 6. The molecule has 0 spiro atoms. The smallest absolute Gasteiger partial charge is 0.174 e. The Bertz CT molecular complexity index is 426. The van der Waals surface area contributed by atoms with Crippen molar-refractivity contribution in [1.82, 2.24) is 25.9 Å². The van der Waals surface area contributed by atoms with Crippen LogP contribution in [0.2, 0.25) is 5.02 Å². The van der Waals surface area contributed by atoms with Crippen LogP contribution in [0.25, 0.3) is 0 Å². The van der Waals surface area contributed by atoms with Gasteiger partial charge in [0.05, 0.1) is 0 Å². The van der Waals surface area contributed by atoms with E-state index in [1.54, 1.807) is 0 Å². The number of tetrazole rings is 1. The zero-order valence-electron chi connectivity index (χ0n) is 9.36. The van der Waals surface area contributed by atoms with E-state index in [9.17, 15) is 0 Å². The van der Waals surface area contributed by atoms with Gasteiger partial charge in [0, 0.05) is 18.0 Å². The second kappa shape index (κ2) is 6.32. The monoisotopic (exact) mass is 251 g/mol. The Morgan fingerprint density at radius 3 is 2.76 bits per heavy atom. The van der Waals surface area contributed by atoms with E-state index in [-0.39, 0.29) is 0 Å². The third kappa shape index (κ3) is 4.13. The maximum absolute atomic E-state index is 5.81. The van der Waals surface area contributed by atoms with Gasteiger partial charge in [-0.25, -0.2) is 0 Å². The fraction of sp³-hybridized carbons (Fsp3) is 0.364. The highest BCUT2D eigenvalue weighted by Crippen LogP contribution is 2.09. The minimum absolute atomic E-state index is 0.762. The molecule has 0 unspecified atom stereocenters. The Labute approximate surface area is 105 Å². The van der Waals surface area contributed by atoms with Gasteiger partial charge in [-0.3, -0.25) is 0 Å². The van der Waals surface area contributed by atoms with E-state index in [4.69, 9.17) is 11.6 Å². The first-order valence-corrected chi connectivity index (χ1v) is 5.90. The number of halogens is 1. The quantitative estimate of drug-likeness (QED) is 0.765. The lowest BCUT2D eigenvalue weighted by atomic mass is 10.2. The molecule has 2 N–H and O–H groups in total. The van der Waals surface area contributed by atoms with E-state index in [2.05, 4.69) is 25.9 Å². The fourth-order valence-electron chi connectivity index (χ4n) is 1.49. The molecule has 0 radical (unpaired) electrons. The van der Waals surface area contributed by atoms with Gasteiger partial charge in [0.2, 0.25) is 0 Å². The molecule has 1 aromatic carbocycles. The number of hydrogen-bond acceptors (Lipinski definition) is 4. The van der Waals surface area contributed by atoms with Crippen LogP contribution < -0.4 is 5.32 Å². The zero-order valence-corrected chi connectivity index (χ0v) is 10.1. The van der Waals surface area contributed by atoms with Crippen molar-refractivity contribution in [3.05, 3.63) is 40.7 Å². The van der Waals surface area contributed by atoms with E-state index >= 15 is 0 Å². The number of aromatic amines is 1. The molecule has 0 aliphatic rings. The molecule has 2 rings (SSSR count). The number of nitrogens with zero attached hydrogens (tertiary/aromatic N) is 3. The average Bonchev–Trinajstić information content (AvgIpc) is 2.84. The molecule has 90 valence electrons. The first-order valence-electron chi connectivity index (χ1n) is 5.52. The van der Waals surface area contributed by atoms with E-state index in [0.717, 1.165) is 36.8 Å². The van der Waals surface area contributed by atoms with Gasteiger partial charge >= 0.3 is 0 Å². The Morgan fingerprint density at radius 2 is 2.06 bits per heavy atom. The van der Waals surface area contributed by atoms with E-state index in [1.165, 1.54) is 5.56 Å². The van der Waals surface area contributed by atoms with Crippen LogP contribution >= 0.6 is 11.6 Å². The predicted molar refractivity (Wildman–Crippen MR) is 65.7 cm³/mol. The lowest BCUT2D eigenvalue weighted by molar-refractivity contribution is 0.639. The standard InChI is InChI=1S/C11H14ClN5/c12-10-5-3-9(4-6-10)8-13-7-1-2-11-14-16-17-15-11/h3-6,13H,1-2,7-8H2,(H,14,15,16,17). The molecule has 0 saturated heterocycles. The minimum atomic E-state index is 0.762. The summed E-state index contributed by atoms with van der Waals surface area (Å²) in [6.07, 6.45) is 1.83. The van der Waals surface area contributed by atoms with Gasteiger partial charge in [-0.1, -0.05) is 28.9 Å². The Balaban J connectivity index is 1.61. The zero-order chi connectivity index (χ0) is 11.9. The van der Waals surface area contributed by atoms with Gasteiger partial charge in [-0.15, -0.1) is 10.2 Å². The van der Waals surface area contributed by atoms with Gasteiger partial charge in [-0.05, 0) is 30.7 Å². The van der Waals surface area contributed by atoms with Crippen LogP contribution in [0.5, 0.6) is 0 Å². The predicted octanol–water partition coefficient (Wildman–Crippen LogP) is 1.58. The number of aryl methyl sites for hydroxylation is 1. The van der Waals surface area contributed by atoms with Gasteiger partial charge in [0.25, 0.3) is 0 Å². The summed E-state index contributed by atoms with van der Waals surface area (Å²) in [5, 5.41) is 17.9. The number of hydrogen-bond donors (Lipinski definition) is 2. The molecule has 1 aromatic heterocycles. The summed E-state index contributed by atoms with van der Waals surface area (Å²) < 4.78 is 0. The Morgan fingerprint density at radius 1 is 1.24 bits per heavy atom. The Kier molecular flexibility index (Phi) is 4.46. The molecule has 0 atom stereocenters. The molecular formula is C11H14ClN5. The van der Waals surface area contributed by atoms with E-state index < -0.39 is 0 Å². The average molecular weight is 252 g/mol. The van der Waals surface area contributed by atoms with Crippen LogP contribution in [0.4, 0.5) is 0 Å². The van der Waals surface area contributed by atoms with Crippen molar-refractivity contribution in [2.45, 2.75) is 19.4 Å². The molecule has 0 fully saturated rings. The van der Waals surface area contributed by atoms with Crippen LogP contribution in [0, 0.1) is 0 Å². The summed E-state index contributed by atoms with van der Waals surface area (Å²) in [4.78, 5) is 0. The second-order valence-electron chi connectivity index (χ2n) is 3.73. The van der Waals surface area contributed by atoms with Crippen molar-refractivity contribution in [1.29, 1.82) is 0 Å². The maximum Gasteiger partial charge on any atom is 0.174 e. The highest BCUT2D eigenvalue weighted by Gasteiger charge is 1.97. The SMILES string of the molecule is Clc1ccc(CNCCCc2nn[nH]n2)cc1. The lowest BCUT2D eigenvalue weighted by Gasteiger charge is -2.03. The van der Waals surface area contributed by atoms with Gasteiger partial charge in [0.15, 0.2) is 5.82 Å². The van der Waals surface area contributed by atoms with Gasteiger partial charge < -0.3 is 5.32 Å². The number of nitrogens with one attached hydrogen (secondary N) is 2. The molecule has 5 nitrogen and oxygen atoms in total. The molecule has 0 saturated carbocycles. The first kappa shape index (κ1) is 12.0. The third-order valence-corrected chi connectivity index (χ3v) is 2.64. The molecule has 17 heavy (non-hydrogen) atoms. The van der Waals surface area contributed by atoms with E-state index in [1.807, 2.05) is 24.3 Å². The summed E-state index contributed by atoms with van der Waals surface area (Å²) in [7, 11) is 0. The largest absolute Gasteiger partial charge is 0.313 e. The molecule has 6 heteroatoms. The van der Waals surface area contributed by atoms with Crippen LogP contribution in [0.15, 0.2) is 24.3 Å². The van der Waals surface area contributed by atoms with Crippen molar-refractivity contribution < 1.29 is 0 Å². The van der Waals surface area contributed by atoms with Gasteiger partial charge in [-0.2, -0.15) is 5.21 Å². The summed E-state index contributed by atoms with van der Waals surface area (Å²) in [6.45, 7) is 1.78. The summed E-state index contributed by atoms with van der Waals surface area (Å²) in [5.74, 6) is 0.762. The van der Waals surface area contributed by atoms with Crippen LogP contribution in [-0.4, -0.2) is 27.2 Å². The minimum Gasteiger partial charge on any atom is -0.313 e. The first-order chi connectivity index (χ1) is 8.34. The van der Waals surface area contributed by atoms with Crippen molar-refractivity contribution in [2.75, 3.05) is 6.54 Å². The summed E-state index contributed by atoms with van der Waals surface area (Å²) >= 11 is 5.81. The third-order valence-electron chi connectivity index (χ3n) is 2.39. The summed E-state index contributed by atoms with van der Waals surface area (Å²) in [5.41, 5.74) is 1.23. The molecule has 0 amide bonds. The highest BCUT2D eigenvalue weighted by molar-refractivity contribution is 6.30. The molecule has 0 aliphatic heterocycles. The van der Waals surface area contributed by atoms with Crippen molar-refractivity contribution in [3.63, 3.8) is 0 Å². The summed E-state index contributed by atoms with van der Waals surface area (Å²) in [6, 6.07) is 7.85. The van der Waals surface area contributed by atoms with E-state index in [0.29, 0.717) is 0 Å². The fourth-order valence-corrected chi connectivity index (χ4v) is 1.62. The highest BCUT2D eigenvalue weighted by atomic mass is 35.5.